The lowest BCUT2D eigenvalue weighted by atomic mass is 10.1. The molecule has 0 aliphatic carbocycles. The first-order chi connectivity index (χ1) is 14.0. The zero-order chi connectivity index (χ0) is 20.1. The van der Waals surface area contributed by atoms with E-state index in [1.54, 1.807) is 6.07 Å². The largest absolute Gasteiger partial charge is 0.618 e. The molecule has 1 aliphatic rings. The van der Waals surface area contributed by atoms with Crippen LogP contribution < -0.4 is 15.4 Å². The normalized spacial score (nSPS) is 15.4. The lowest BCUT2D eigenvalue weighted by molar-refractivity contribution is -0.576. The summed E-state index contributed by atoms with van der Waals surface area (Å²) in [6.07, 6.45) is 1.34. The highest BCUT2D eigenvalue weighted by molar-refractivity contribution is 5.96. The van der Waals surface area contributed by atoms with Crippen LogP contribution in [0.5, 0.6) is 0 Å². The van der Waals surface area contributed by atoms with Crippen molar-refractivity contribution < 1.29 is 9.12 Å². The number of benzene rings is 2. The Labute approximate surface area is 166 Å². The average molecular weight is 392 g/mol. The fourth-order valence-corrected chi connectivity index (χ4v) is 3.93. The highest BCUT2D eigenvalue weighted by atomic mass is 19.1. The molecular formula is C21H21FN6O. The summed E-state index contributed by atoms with van der Waals surface area (Å²) in [5, 5.41) is 12.5. The first kappa shape index (κ1) is 17.7. The third-order valence-electron chi connectivity index (χ3n) is 5.62. The summed E-state index contributed by atoms with van der Waals surface area (Å²) in [5.41, 5.74) is 9.75. The second kappa shape index (κ2) is 6.59. The Bertz CT molecular complexity index is 1230. The number of piperazine rings is 1. The predicted octanol–water partition coefficient (Wildman–Crippen LogP) is 2.49. The molecule has 0 radical (unpaired) electrons. The van der Waals surface area contributed by atoms with E-state index < -0.39 is 5.82 Å². The molecule has 3 heterocycles. The van der Waals surface area contributed by atoms with E-state index in [1.807, 2.05) is 6.07 Å². The maximum atomic E-state index is 14.3. The van der Waals surface area contributed by atoms with Gasteiger partial charge in [-0.2, -0.15) is 4.73 Å². The van der Waals surface area contributed by atoms with E-state index >= 15 is 0 Å². The number of fused-ring (bicyclic) bond motifs is 2. The topological polar surface area (TPSA) is 88.1 Å². The van der Waals surface area contributed by atoms with Gasteiger partial charge in [0.05, 0.1) is 16.7 Å². The summed E-state index contributed by atoms with van der Waals surface area (Å²) in [6.45, 7) is 3.98. The number of nitrogens with one attached hydrogen (secondary N) is 1. The van der Waals surface area contributed by atoms with Crippen LogP contribution in [0.25, 0.3) is 33.3 Å². The summed E-state index contributed by atoms with van der Waals surface area (Å²) < 4.78 is 15.0. The van der Waals surface area contributed by atoms with Crippen LogP contribution in [0.15, 0.2) is 42.6 Å². The highest BCUT2D eigenvalue weighted by Gasteiger charge is 2.21. The molecule has 1 saturated heterocycles. The zero-order valence-corrected chi connectivity index (χ0v) is 16.0. The Kier molecular flexibility index (Phi) is 4.02. The number of nitrogens with zero attached hydrogens (tertiary/aromatic N) is 4. The van der Waals surface area contributed by atoms with E-state index in [9.17, 15) is 9.60 Å². The van der Waals surface area contributed by atoms with Crippen LogP contribution in [0.2, 0.25) is 0 Å². The number of H-pyrrole nitrogens is 1. The van der Waals surface area contributed by atoms with E-state index in [0.717, 1.165) is 42.9 Å². The number of anilines is 2. The number of likely N-dealkylation sites (N-methyl/N-ethyl adjacent to an activating group) is 1. The lowest BCUT2D eigenvalue weighted by Gasteiger charge is -2.34. The van der Waals surface area contributed by atoms with Crippen molar-refractivity contribution >= 4 is 33.3 Å². The molecule has 1 fully saturated rings. The minimum absolute atomic E-state index is 0.110. The molecule has 8 heteroatoms. The number of aromatic nitrogens is 3. The van der Waals surface area contributed by atoms with Crippen LogP contribution >= 0.6 is 0 Å². The van der Waals surface area contributed by atoms with Crippen LogP contribution in [0.1, 0.15) is 0 Å². The number of hydrogen-bond donors (Lipinski definition) is 2. The Balaban J connectivity index is 1.59. The molecule has 0 amide bonds. The second-order valence-corrected chi connectivity index (χ2v) is 7.49. The molecule has 0 saturated carbocycles. The molecular weight excluding hydrogens is 371 g/mol. The van der Waals surface area contributed by atoms with Gasteiger partial charge >= 0.3 is 0 Å². The highest BCUT2D eigenvalue weighted by Crippen LogP contribution is 2.32. The summed E-state index contributed by atoms with van der Waals surface area (Å²) >= 11 is 0. The van der Waals surface area contributed by atoms with E-state index in [4.69, 9.17) is 5.73 Å². The maximum absolute atomic E-state index is 14.3. The molecule has 7 nitrogen and oxygen atoms in total. The molecule has 148 valence electrons. The van der Waals surface area contributed by atoms with Crippen molar-refractivity contribution in [2.24, 2.45) is 0 Å². The number of halogens is 1. The van der Waals surface area contributed by atoms with E-state index in [-0.39, 0.29) is 16.6 Å². The van der Waals surface area contributed by atoms with E-state index in [0.29, 0.717) is 16.1 Å². The average Bonchev–Trinajstić information content (AvgIpc) is 3.14. The molecule has 3 N–H and O–H groups in total. The summed E-state index contributed by atoms with van der Waals surface area (Å²) in [4.78, 5) is 12.5. The van der Waals surface area contributed by atoms with Crippen molar-refractivity contribution in [1.82, 2.24) is 14.9 Å². The molecule has 4 aromatic rings. The number of pyridine rings is 1. The number of rotatable bonds is 2. The van der Waals surface area contributed by atoms with Crippen LogP contribution in [0, 0.1) is 11.0 Å². The zero-order valence-electron chi connectivity index (χ0n) is 16.0. The molecule has 1 aliphatic heterocycles. The van der Waals surface area contributed by atoms with Gasteiger partial charge in [0.1, 0.15) is 22.6 Å². The molecule has 2 aromatic carbocycles. The van der Waals surface area contributed by atoms with Gasteiger partial charge in [-0.1, -0.05) is 6.07 Å². The minimum Gasteiger partial charge on any atom is -0.618 e. The van der Waals surface area contributed by atoms with Gasteiger partial charge in [0, 0.05) is 37.9 Å². The molecule has 29 heavy (non-hydrogen) atoms. The predicted molar refractivity (Wildman–Crippen MR) is 112 cm³/mol. The fraction of sp³-hybridized carbons (Fsp3) is 0.238. The molecule has 2 aromatic heterocycles. The molecule has 0 spiro atoms. The van der Waals surface area contributed by atoms with Gasteiger partial charge in [-0.15, -0.1) is 0 Å². The number of nitrogen functional groups attached to an aromatic ring is 1. The Morgan fingerprint density at radius 1 is 1.17 bits per heavy atom. The van der Waals surface area contributed by atoms with Crippen molar-refractivity contribution in [3.63, 3.8) is 0 Å². The molecule has 5 rings (SSSR count). The standard InChI is InChI=1S/C21H21FN6O/c1-26-7-9-27(10-8-26)13-5-6-16-17(11-13)25-21(24-16)14-12-28(29)18-4-2-3-15(22)19(18)20(14)23/h2-6,11-12H,7-10,23H2,1H3,(H,24,25). The Morgan fingerprint density at radius 3 is 2.76 bits per heavy atom. The minimum atomic E-state index is -0.528. The van der Waals surface area contributed by atoms with Gasteiger partial charge in [0.25, 0.3) is 0 Å². The molecule has 0 unspecified atom stereocenters. The summed E-state index contributed by atoms with van der Waals surface area (Å²) in [7, 11) is 2.13. The van der Waals surface area contributed by atoms with Crippen molar-refractivity contribution in [2.45, 2.75) is 0 Å². The van der Waals surface area contributed by atoms with Gasteiger partial charge in [-0.3, -0.25) is 0 Å². The van der Waals surface area contributed by atoms with E-state index in [1.165, 1.54) is 18.3 Å². The Morgan fingerprint density at radius 2 is 1.97 bits per heavy atom. The second-order valence-electron chi connectivity index (χ2n) is 7.49. The van der Waals surface area contributed by atoms with Crippen molar-refractivity contribution in [2.75, 3.05) is 43.9 Å². The van der Waals surface area contributed by atoms with Crippen molar-refractivity contribution in [3.8, 4) is 11.4 Å². The quantitative estimate of drug-likeness (QED) is 0.404. The number of nitrogens with two attached hydrogens (primary N) is 1. The fourth-order valence-electron chi connectivity index (χ4n) is 3.93. The van der Waals surface area contributed by atoms with Crippen LogP contribution in [-0.2, 0) is 0 Å². The maximum Gasteiger partial charge on any atom is 0.228 e. The van der Waals surface area contributed by atoms with Crippen LogP contribution in [0.4, 0.5) is 15.8 Å². The van der Waals surface area contributed by atoms with Crippen molar-refractivity contribution in [1.29, 1.82) is 0 Å². The number of aromatic amines is 1. The lowest BCUT2D eigenvalue weighted by Crippen LogP contribution is -2.44. The van der Waals surface area contributed by atoms with Gasteiger partial charge in [0.2, 0.25) is 5.52 Å². The van der Waals surface area contributed by atoms with Gasteiger partial charge < -0.3 is 25.7 Å². The first-order valence-corrected chi connectivity index (χ1v) is 9.55. The van der Waals surface area contributed by atoms with Gasteiger partial charge in [0.15, 0.2) is 6.20 Å². The molecule has 0 bridgehead atoms. The summed E-state index contributed by atoms with van der Waals surface area (Å²) in [6, 6.07) is 10.4. The SMILES string of the molecule is CN1CCN(c2ccc3nc(-c4c[n+]([O-])c5cccc(F)c5c4N)[nH]c3c2)CC1. The first-order valence-electron chi connectivity index (χ1n) is 9.55. The third kappa shape index (κ3) is 2.92. The number of hydrogen-bond acceptors (Lipinski definition) is 5. The smallest absolute Gasteiger partial charge is 0.228 e. The molecule has 0 atom stereocenters. The van der Waals surface area contributed by atoms with Gasteiger partial charge in [-0.05, 0) is 31.3 Å². The van der Waals surface area contributed by atoms with Gasteiger partial charge in [-0.25, -0.2) is 9.37 Å². The Hall–Kier alpha value is -3.39. The monoisotopic (exact) mass is 392 g/mol. The van der Waals surface area contributed by atoms with Crippen molar-refractivity contribution in [3.05, 3.63) is 53.6 Å². The van der Waals surface area contributed by atoms with Crippen LogP contribution in [-0.4, -0.2) is 48.1 Å². The van der Waals surface area contributed by atoms with E-state index in [2.05, 4.69) is 38.9 Å². The van der Waals surface area contributed by atoms with Crippen LogP contribution in [0.3, 0.4) is 0 Å². The summed E-state index contributed by atoms with van der Waals surface area (Å²) in [5.74, 6) is -0.0808. The number of imidazole rings is 1. The third-order valence-corrected chi connectivity index (χ3v) is 5.62.